The summed E-state index contributed by atoms with van der Waals surface area (Å²) in [5.41, 5.74) is 5.79. The molecule has 1 fully saturated rings. The zero-order chi connectivity index (χ0) is 19.3. The van der Waals surface area contributed by atoms with Crippen LogP contribution in [0, 0.1) is 5.92 Å². The minimum Gasteiger partial charge on any atom is -0.445 e. The lowest BCUT2D eigenvalue weighted by Gasteiger charge is -2.31. The number of ether oxygens (including phenoxy) is 1. The van der Waals surface area contributed by atoms with Crippen molar-refractivity contribution in [3.05, 3.63) is 35.9 Å². The lowest BCUT2D eigenvalue weighted by molar-refractivity contribution is -0.130. The molecule has 1 saturated carbocycles. The third-order valence-electron chi connectivity index (χ3n) is 5.46. The molecule has 0 bridgehead atoms. The monoisotopic (exact) mass is 372 g/mol. The molecule has 3 rings (SSSR count). The molecule has 1 aromatic rings. The number of aliphatic imine (C=N–C) groups is 1. The van der Waals surface area contributed by atoms with E-state index < -0.39 is 11.6 Å². The fraction of sp³-hybridized carbons (Fsp3) is 0.550. The van der Waals surface area contributed by atoms with Crippen LogP contribution in [0.4, 0.5) is 4.79 Å². The average Bonchev–Trinajstić information content (AvgIpc) is 2.90. The predicted molar refractivity (Wildman–Crippen MR) is 103 cm³/mol. The number of nitrogens with one attached hydrogen (secondary N) is 1. The second kappa shape index (κ2) is 8.41. The zero-order valence-electron chi connectivity index (χ0n) is 15.8. The van der Waals surface area contributed by atoms with E-state index in [1.807, 2.05) is 30.3 Å². The molecular weight excluding hydrogens is 344 g/mol. The van der Waals surface area contributed by atoms with Gasteiger partial charge < -0.3 is 15.8 Å². The quantitative estimate of drug-likeness (QED) is 0.801. The van der Waals surface area contributed by atoms with Gasteiger partial charge in [0, 0.05) is 7.05 Å². The first-order valence-corrected chi connectivity index (χ1v) is 9.58. The molecule has 1 atom stereocenters. The van der Waals surface area contributed by atoms with Crippen molar-refractivity contribution in [1.82, 2.24) is 10.2 Å². The van der Waals surface area contributed by atoms with Crippen LogP contribution in [-0.4, -0.2) is 42.0 Å². The van der Waals surface area contributed by atoms with E-state index in [2.05, 4.69) is 10.3 Å². The van der Waals surface area contributed by atoms with E-state index in [4.69, 9.17) is 10.5 Å². The van der Waals surface area contributed by atoms with E-state index in [0.717, 1.165) is 18.4 Å². The number of nitrogens with two attached hydrogens (primary N) is 1. The number of carbonyl (C=O) groups excluding carboxylic acids is 2. The molecule has 0 saturated heterocycles. The Morgan fingerprint density at radius 3 is 2.63 bits per heavy atom. The number of carbonyl (C=O) groups is 2. The fourth-order valence-electron chi connectivity index (χ4n) is 3.94. The number of amides is 2. The Kier molecular flexibility index (Phi) is 5.98. The Morgan fingerprint density at radius 2 is 2.00 bits per heavy atom. The first kappa shape index (κ1) is 19.2. The zero-order valence-corrected chi connectivity index (χ0v) is 15.8. The molecule has 1 heterocycles. The van der Waals surface area contributed by atoms with Gasteiger partial charge in [-0.3, -0.25) is 9.69 Å². The molecule has 7 nitrogen and oxygen atoms in total. The standard InChI is InChI=1S/C20H28N4O3/c1-24-17(25)20(23-18(24)21,12-15-8-4-2-5-9-15)14-22-19(26)27-13-16-10-6-3-7-11-16/h3,6-7,10-11,15H,2,4-5,8-9,12-14H2,1H3,(H2,21,23)(H,22,26). The minimum absolute atomic E-state index is 0.0982. The van der Waals surface area contributed by atoms with Crippen LogP contribution in [0.1, 0.15) is 44.1 Å². The SMILES string of the molecule is CN1C(=O)C(CNC(=O)OCc2ccccc2)(CC2CCCCC2)N=C1N. The average molecular weight is 372 g/mol. The van der Waals surface area contributed by atoms with Gasteiger partial charge in [-0.1, -0.05) is 62.4 Å². The van der Waals surface area contributed by atoms with Crippen molar-refractivity contribution in [3.63, 3.8) is 0 Å². The smallest absolute Gasteiger partial charge is 0.407 e. The summed E-state index contributed by atoms with van der Waals surface area (Å²) in [5, 5.41) is 2.73. The van der Waals surface area contributed by atoms with E-state index in [1.165, 1.54) is 24.2 Å². The number of benzene rings is 1. The van der Waals surface area contributed by atoms with Gasteiger partial charge in [0.15, 0.2) is 11.5 Å². The molecule has 1 aliphatic heterocycles. The van der Waals surface area contributed by atoms with Gasteiger partial charge in [-0.25, -0.2) is 9.79 Å². The van der Waals surface area contributed by atoms with Gasteiger partial charge >= 0.3 is 6.09 Å². The van der Waals surface area contributed by atoms with Crippen LogP contribution in [0.2, 0.25) is 0 Å². The molecule has 0 spiro atoms. The first-order valence-electron chi connectivity index (χ1n) is 9.58. The van der Waals surface area contributed by atoms with E-state index in [-0.39, 0.29) is 25.0 Å². The van der Waals surface area contributed by atoms with Crippen LogP contribution in [-0.2, 0) is 16.1 Å². The summed E-state index contributed by atoms with van der Waals surface area (Å²) in [6, 6.07) is 9.46. The van der Waals surface area contributed by atoms with Crippen LogP contribution < -0.4 is 11.1 Å². The summed E-state index contributed by atoms with van der Waals surface area (Å²) in [6.07, 6.45) is 5.83. The summed E-state index contributed by atoms with van der Waals surface area (Å²) < 4.78 is 5.26. The molecule has 1 unspecified atom stereocenters. The highest BCUT2D eigenvalue weighted by Crippen LogP contribution is 2.35. The maximum atomic E-state index is 12.8. The van der Waals surface area contributed by atoms with Crippen LogP contribution in [0.15, 0.2) is 35.3 Å². The normalized spacial score (nSPS) is 23.2. The maximum absolute atomic E-state index is 12.8. The Hall–Kier alpha value is -2.57. The molecule has 7 heteroatoms. The number of hydrogen-bond acceptors (Lipinski definition) is 5. The molecule has 0 radical (unpaired) electrons. The first-order chi connectivity index (χ1) is 13.0. The molecular formula is C20H28N4O3. The van der Waals surface area contributed by atoms with Crippen LogP contribution >= 0.6 is 0 Å². The summed E-state index contributed by atoms with van der Waals surface area (Å²) in [5.74, 6) is 0.470. The molecule has 146 valence electrons. The Balaban J connectivity index is 1.61. The highest BCUT2D eigenvalue weighted by Gasteiger charge is 2.48. The van der Waals surface area contributed by atoms with Gasteiger partial charge in [0.2, 0.25) is 0 Å². The molecule has 1 aliphatic carbocycles. The van der Waals surface area contributed by atoms with Crippen molar-refractivity contribution in [2.75, 3.05) is 13.6 Å². The predicted octanol–water partition coefficient (Wildman–Crippen LogP) is 2.41. The topological polar surface area (TPSA) is 97.0 Å². The van der Waals surface area contributed by atoms with Crippen LogP contribution in [0.25, 0.3) is 0 Å². The van der Waals surface area contributed by atoms with Crippen molar-refractivity contribution in [3.8, 4) is 0 Å². The molecule has 2 amide bonds. The lowest BCUT2D eigenvalue weighted by Crippen LogP contribution is -2.50. The molecule has 0 aromatic heterocycles. The van der Waals surface area contributed by atoms with Crippen molar-refractivity contribution in [1.29, 1.82) is 0 Å². The Bertz CT molecular complexity index is 700. The van der Waals surface area contributed by atoms with Crippen molar-refractivity contribution in [2.24, 2.45) is 16.6 Å². The van der Waals surface area contributed by atoms with Crippen molar-refractivity contribution < 1.29 is 14.3 Å². The summed E-state index contributed by atoms with van der Waals surface area (Å²) >= 11 is 0. The maximum Gasteiger partial charge on any atom is 0.407 e. The number of rotatable bonds is 6. The Morgan fingerprint density at radius 1 is 1.30 bits per heavy atom. The van der Waals surface area contributed by atoms with Gasteiger partial charge in [0.05, 0.1) is 6.54 Å². The van der Waals surface area contributed by atoms with E-state index in [1.54, 1.807) is 7.05 Å². The van der Waals surface area contributed by atoms with Crippen molar-refractivity contribution >= 4 is 18.0 Å². The largest absolute Gasteiger partial charge is 0.445 e. The third kappa shape index (κ3) is 4.59. The van der Waals surface area contributed by atoms with Crippen LogP contribution in [0.5, 0.6) is 0 Å². The lowest BCUT2D eigenvalue weighted by atomic mass is 9.79. The molecule has 3 N–H and O–H groups in total. The number of hydrogen-bond donors (Lipinski definition) is 2. The second-order valence-electron chi connectivity index (χ2n) is 7.49. The number of likely N-dealkylation sites (N-methyl/N-ethyl adjacent to an activating group) is 1. The van der Waals surface area contributed by atoms with E-state index in [9.17, 15) is 9.59 Å². The molecule has 1 aromatic carbocycles. The highest BCUT2D eigenvalue weighted by atomic mass is 16.5. The third-order valence-corrected chi connectivity index (χ3v) is 5.46. The van der Waals surface area contributed by atoms with Gasteiger partial charge in [-0.05, 0) is 17.9 Å². The number of nitrogens with zero attached hydrogens (tertiary/aromatic N) is 2. The second-order valence-corrected chi connectivity index (χ2v) is 7.49. The molecule has 2 aliphatic rings. The minimum atomic E-state index is -1.02. The summed E-state index contributed by atoms with van der Waals surface area (Å²) in [6.45, 7) is 0.280. The van der Waals surface area contributed by atoms with E-state index in [0.29, 0.717) is 12.3 Å². The summed E-state index contributed by atoms with van der Waals surface area (Å²) in [4.78, 5) is 30.8. The number of alkyl carbamates (subject to hydrolysis) is 1. The Labute approximate surface area is 160 Å². The van der Waals surface area contributed by atoms with Gasteiger partial charge in [-0.2, -0.15) is 0 Å². The molecule has 27 heavy (non-hydrogen) atoms. The van der Waals surface area contributed by atoms with Gasteiger partial charge in [0.1, 0.15) is 6.61 Å². The van der Waals surface area contributed by atoms with E-state index >= 15 is 0 Å². The van der Waals surface area contributed by atoms with Gasteiger partial charge in [0.25, 0.3) is 5.91 Å². The fourth-order valence-corrected chi connectivity index (χ4v) is 3.94. The van der Waals surface area contributed by atoms with Crippen molar-refractivity contribution in [2.45, 2.75) is 50.7 Å². The summed E-state index contributed by atoms with van der Waals surface area (Å²) in [7, 11) is 1.62. The highest BCUT2D eigenvalue weighted by molar-refractivity contribution is 6.06. The number of guanidine groups is 1. The van der Waals surface area contributed by atoms with Crippen LogP contribution in [0.3, 0.4) is 0 Å². The van der Waals surface area contributed by atoms with Gasteiger partial charge in [-0.15, -0.1) is 0 Å².